The number of benzene rings is 2. The first-order chi connectivity index (χ1) is 17.6. The van der Waals surface area contributed by atoms with E-state index in [0.717, 1.165) is 53.4 Å². The highest BCUT2D eigenvalue weighted by Gasteiger charge is 2.21. The molecule has 0 radical (unpaired) electrons. The van der Waals surface area contributed by atoms with E-state index in [1.807, 2.05) is 43.3 Å². The molecule has 4 rings (SSSR count). The first kappa shape index (κ1) is 25.4. The summed E-state index contributed by atoms with van der Waals surface area (Å²) in [5.74, 6) is 0.643. The van der Waals surface area contributed by atoms with Crippen LogP contribution in [0.25, 0.3) is 17.2 Å². The lowest BCUT2D eigenvalue weighted by atomic mass is 10.00. The molecule has 1 aliphatic rings. The lowest BCUT2D eigenvalue weighted by molar-refractivity contribution is -0.132. The second-order valence-electron chi connectivity index (χ2n) is 8.67. The summed E-state index contributed by atoms with van der Waals surface area (Å²) in [5.41, 5.74) is 4.24. The van der Waals surface area contributed by atoms with Crippen molar-refractivity contribution in [2.75, 3.05) is 31.3 Å². The van der Waals surface area contributed by atoms with Gasteiger partial charge in [-0.3, -0.25) is 0 Å². The second-order valence-corrected chi connectivity index (χ2v) is 8.67. The number of ether oxygens (including phenoxy) is 2. The number of aliphatic carboxylic acids is 1. The van der Waals surface area contributed by atoms with Crippen LogP contribution in [-0.4, -0.2) is 57.6 Å². The molecule has 36 heavy (non-hydrogen) atoms. The Balaban J connectivity index is 1.52. The van der Waals surface area contributed by atoms with E-state index in [-0.39, 0.29) is 0 Å². The van der Waals surface area contributed by atoms with Gasteiger partial charge in [0.25, 0.3) is 0 Å². The summed E-state index contributed by atoms with van der Waals surface area (Å²) >= 11 is 0. The number of hydrogen-bond acceptors (Lipinski definition) is 7. The fourth-order valence-electron chi connectivity index (χ4n) is 4.17. The lowest BCUT2D eigenvalue weighted by Gasteiger charge is -2.24. The average molecular weight is 492 g/mol. The minimum atomic E-state index is -0.897. The van der Waals surface area contributed by atoms with Crippen molar-refractivity contribution in [2.24, 2.45) is 0 Å². The first-order valence-electron chi connectivity index (χ1n) is 12.5. The Labute approximate surface area is 211 Å². The number of rotatable bonds is 12. The lowest BCUT2D eigenvalue weighted by Crippen LogP contribution is -2.26. The summed E-state index contributed by atoms with van der Waals surface area (Å²) in [4.78, 5) is 14.0. The number of carboxylic acids is 1. The Hall–Kier alpha value is -3.72. The van der Waals surface area contributed by atoms with Crippen molar-refractivity contribution in [3.8, 4) is 16.9 Å². The molecule has 0 atom stereocenters. The molecule has 2 aromatic carbocycles. The van der Waals surface area contributed by atoms with E-state index in [4.69, 9.17) is 9.47 Å². The van der Waals surface area contributed by atoms with Gasteiger partial charge in [0, 0.05) is 31.0 Å². The molecular formula is C27H33N5O4. The zero-order chi connectivity index (χ0) is 25.3. The Morgan fingerprint density at radius 1 is 1.06 bits per heavy atom. The Morgan fingerprint density at radius 3 is 2.61 bits per heavy atom. The molecule has 190 valence electrons. The highest BCUT2D eigenvalue weighted by atomic mass is 16.5. The molecular weight excluding hydrogens is 458 g/mol. The van der Waals surface area contributed by atoms with E-state index in [2.05, 4.69) is 33.4 Å². The maximum atomic E-state index is 11.8. The van der Waals surface area contributed by atoms with E-state index in [0.29, 0.717) is 44.8 Å². The van der Waals surface area contributed by atoms with Gasteiger partial charge in [0.2, 0.25) is 0 Å². The van der Waals surface area contributed by atoms with Crippen molar-refractivity contribution in [3.05, 3.63) is 59.4 Å². The van der Waals surface area contributed by atoms with Gasteiger partial charge in [0.1, 0.15) is 12.4 Å². The van der Waals surface area contributed by atoms with Crippen molar-refractivity contribution < 1.29 is 19.4 Å². The number of carboxylic acid groups (broad SMARTS) is 1. The summed E-state index contributed by atoms with van der Waals surface area (Å²) in [6, 6.07) is 14.1. The van der Waals surface area contributed by atoms with Crippen LogP contribution in [0, 0.1) is 0 Å². The molecule has 0 saturated heterocycles. The Morgan fingerprint density at radius 2 is 1.86 bits per heavy atom. The Bertz CT molecular complexity index is 1190. The van der Waals surface area contributed by atoms with Crippen LogP contribution in [0.4, 0.5) is 5.69 Å². The molecule has 9 nitrogen and oxygen atoms in total. The van der Waals surface area contributed by atoms with Gasteiger partial charge in [-0.15, -0.1) is 5.10 Å². The zero-order valence-electron chi connectivity index (χ0n) is 20.9. The number of tetrazole rings is 1. The van der Waals surface area contributed by atoms with Crippen LogP contribution in [0.15, 0.2) is 48.0 Å². The third-order valence-electron chi connectivity index (χ3n) is 6.19. The van der Waals surface area contributed by atoms with E-state index in [1.54, 1.807) is 10.8 Å². The second kappa shape index (κ2) is 12.3. The quantitative estimate of drug-likeness (QED) is 0.371. The van der Waals surface area contributed by atoms with Gasteiger partial charge < -0.3 is 19.5 Å². The zero-order valence-corrected chi connectivity index (χ0v) is 20.9. The molecule has 0 fully saturated rings. The number of anilines is 1. The molecule has 0 aliphatic carbocycles. The summed E-state index contributed by atoms with van der Waals surface area (Å²) in [7, 11) is 0. The molecule has 0 bridgehead atoms. The predicted molar refractivity (Wildman–Crippen MR) is 138 cm³/mol. The van der Waals surface area contributed by atoms with Gasteiger partial charge in [-0.2, -0.15) is 0 Å². The maximum Gasteiger partial charge on any atom is 0.331 e. The van der Waals surface area contributed by atoms with E-state index >= 15 is 0 Å². The first-order valence-corrected chi connectivity index (χ1v) is 12.5. The molecule has 3 aromatic rings. The summed E-state index contributed by atoms with van der Waals surface area (Å²) in [5, 5.41) is 21.7. The van der Waals surface area contributed by atoms with E-state index in [9.17, 15) is 9.90 Å². The largest absolute Gasteiger partial charge is 0.491 e. The minimum absolute atomic E-state index is 0.385. The smallest absolute Gasteiger partial charge is 0.331 e. The van der Waals surface area contributed by atoms with Gasteiger partial charge in [-0.1, -0.05) is 31.5 Å². The fourth-order valence-corrected chi connectivity index (χ4v) is 4.17. The standard InChI is InChI=1S/C27H33N5O4/c1-3-5-14-35-15-16-36-24-9-6-20(7-10-24)21-8-11-25-23(17-21)18-22(27(33)34)12-13-31(25)19-26-28-29-30-32(26)4-2/h6-11,17-18H,3-5,12-16,19H2,1-2H3,(H,33,34). The molecule has 0 amide bonds. The highest BCUT2D eigenvalue weighted by Crippen LogP contribution is 2.33. The van der Waals surface area contributed by atoms with E-state index in [1.165, 1.54) is 0 Å². The van der Waals surface area contributed by atoms with Crippen LogP contribution in [0.2, 0.25) is 0 Å². The highest BCUT2D eigenvalue weighted by molar-refractivity contribution is 5.94. The molecule has 0 unspecified atom stereocenters. The van der Waals surface area contributed by atoms with Gasteiger partial charge in [0.05, 0.1) is 13.2 Å². The van der Waals surface area contributed by atoms with Gasteiger partial charge >= 0.3 is 5.97 Å². The maximum absolute atomic E-state index is 11.8. The average Bonchev–Trinajstić information content (AvgIpc) is 3.26. The molecule has 1 aromatic heterocycles. The number of aromatic nitrogens is 4. The fraction of sp³-hybridized carbons (Fsp3) is 0.407. The third kappa shape index (κ3) is 6.28. The number of nitrogens with zero attached hydrogens (tertiary/aromatic N) is 5. The third-order valence-corrected chi connectivity index (χ3v) is 6.19. The predicted octanol–water partition coefficient (Wildman–Crippen LogP) is 4.43. The minimum Gasteiger partial charge on any atom is -0.491 e. The van der Waals surface area contributed by atoms with Crippen molar-refractivity contribution >= 4 is 17.7 Å². The van der Waals surface area contributed by atoms with Crippen LogP contribution in [0.3, 0.4) is 0 Å². The van der Waals surface area contributed by atoms with Crippen molar-refractivity contribution in [1.29, 1.82) is 0 Å². The number of carbonyl (C=O) groups is 1. The molecule has 1 aliphatic heterocycles. The molecule has 0 saturated carbocycles. The number of hydrogen-bond donors (Lipinski definition) is 1. The van der Waals surface area contributed by atoms with Crippen LogP contribution in [0.1, 0.15) is 44.5 Å². The van der Waals surface area contributed by atoms with Gasteiger partial charge in [0.15, 0.2) is 5.82 Å². The molecule has 0 spiro atoms. The van der Waals surface area contributed by atoms with Gasteiger partial charge in [-0.05, 0) is 77.2 Å². The van der Waals surface area contributed by atoms with Crippen LogP contribution in [-0.2, 0) is 22.6 Å². The normalized spacial score (nSPS) is 13.2. The van der Waals surface area contributed by atoms with E-state index < -0.39 is 5.97 Å². The Kier molecular flexibility index (Phi) is 8.67. The monoisotopic (exact) mass is 491 g/mol. The molecule has 1 N–H and O–H groups in total. The topological polar surface area (TPSA) is 103 Å². The number of aryl methyl sites for hydroxylation is 1. The SMILES string of the molecule is CCCCOCCOc1ccc(-c2ccc3c(c2)C=C(C(=O)O)CCN3Cc2nnnn2CC)cc1. The van der Waals surface area contributed by atoms with Crippen LogP contribution < -0.4 is 9.64 Å². The van der Waals surface area contributed by atoms with Crippen LogP contribution in [0.5, 0.6) is 5.75 Å². The molecule has 2 heterocycles. The number of fused-ring (bicyclic) bond motifs is 1. The van der Waals surface area contributed by atoms with Crippen molar-refractivity contribution in [1.82, 2.24) is 20.2 Å². The van der Waals surface area contributed by atoms with Gasteiger partial charge in [-0.25, -0.2) is 9.48 Å². The van der Waals surface area contributed by atoms with Crippen molar-refractivity contribution in [3.63, 3.8) is 0 Å². The van der Waals surface area contributed by atoms with Crippen molar-refractivity contribution in [2.45, 2.75) is 46.2 Å². The summed E-state index contributed by atoms with van der Waals surface area (Å²) in [6.45, 7) is 7.73. The summed E-state index contributed by atoms with van der Waals surface area (Å²) in [6.07, 6.45) is 4.39. The molecule has 9 heteroatoms. The number of unbranched alkanes of at least 4 members (excludes halogenated alkanes) is 1. The summed E-state index contributed by atoms with van der Waals surface area (Å²) < 4.78 is 13.1. The van der Waals surface area contributed by atoms with Crippen LogP contribution >= 0.6 is 0 Å².